The maximum Gasteiger partial charge on any atom is 0.325 e. The minimum atomic E-state index is -0.708. The molecular weight excluding hydrogens is 468 g/mol. The van der Waals surface area contributed by atoms with E-state index in [4.69, 9.17) is 9.47 Å². The molecule has 1 saturated heterocycles. The van der Waals surface area contributed by atoms with Crippen molar-refractivity contribution in [2.45, 2.75) is 19.8 Å². The number of nitro benzene ring substituents is 1. The number of benzene rings is 2. The van der Waals surface area contributed by atoms with E-state index in [9.17, 15) is 24.5 Å². The minimum Gasteiger partial charge on any atom is -0.494 e. The SMILES string of the molecule is CCCCOc1ccc(C(=O)NCC(=O)OCC(=O)N2CCN(c3ccc([N+](=O)[O-])cc3)CC2)cc1. The molecule has 36 heavy (non-hydrogen) atoms. The van der Waals surface area contributed by atoms with Crippen molar-refractivity contribution in [1.82, 2.24) is 10.2 Å². The first-order valence-electron chi connectivity index (χ1n) is 11.8. The maximum absolute atomic E-state index is 12.4. The van der Waals surface area contributed by atoms with E-state index in [1.54, 1.807) is 41.3 Å². The quantitative estimate of drug-likeness (QED) is 0.216. The first kappa shape index (κ1) is 26.5. The summed E-state index contributed by atoms with van der Waals surface area (Å²) < 4.78 is 10.6. The number of hydrogen-bond acceptors (Lipinski definition) is 8. The molecule has 0 atom stereocenters. The van der Waals surface area contributed by atoms with Gasteiger partial charge in [0.25, 0.3) is 17.5 Å². The smallest absolute Gasteiger partial charge is 0.325 e. The molecule has 2 aromatic carbocycles. The second-order valence-electron chi connectivity index (χ2n) is 8.21. The number of nitrogens with one attached hydrogen (secondary N) is 1. The van der Waals surface area contributed by atoms with Gasteiger partial charge in [-0.25, -0.2) is 0 Å². The number of unbranched alkanes of at least 4 members (excludes halogenated alkanes) is 1. The molecule has 1 aliphatic heterocycles. The Morgan fingerprint density at radius 3 is 2.28 bits per heavy atom. The fourth-order valence-corrected chi connectivity index (χ4v) is 3.58. The molecule has 0 aliphatic carbocycles. The largest absolute Gasteiger partial charge is 0.494 e. The van der Waals surface area contributed by atoms with Crippen LogP contribution in [0.2, 0.25) is 0 Å². The van der Waals surface area contributed by atoms with Crippen LogP contribution >= 0.6 is 0 Å². The zero-order valence-corrected chi connectivity index (χ0v) is 20.2. The maximum atomic E-state index is 12.4. The summed E-state index contributed by atoms with van der Waals surface area (Å²) in [4.78, 5) is 50.6. The Balaban J connectivity index is 1.35. The Labute approximate surface area is 209 Å². The van der Waals surface area contributed by atoms with Gasteiger partial charge >= 0.3 is 5.97 Å². The number of carbonyl (C=O) groups is 3. The van der Waals surface area contributed by atoms with E-state index in [-0.39, 0.29) is 18.1 Å². The number of amides is 2. The molecule has 0 bridgehead atoms. The molecule has 2 amide bonds. The highest BCUT2D eigenvalue weighted by Crippen LogP contribution is 2.20. The normalized spacial score (nSPS) is 13.1. The molecule has 11 heteroatoms. The van der Waals surface area contributed by atoms with E-state index < -0.39 is 23.4 Å². The molecular formula is C25H30N4O7. The lowest BCUT2D eigenvalue weighted by Crippen LogP contribution is -2.50. The van der Waals surface area contributed by atoms with Crippen LogP contribution in [0.15, 0.2) is 48.5 Å². The van der Waals surface area contributed by atoms with Gasteiger partial charge in [0.05, 0.1) is 11.5 Å². The van der Waals surface area contributed by atoms with Gasteiger partial charge < -0.3 is 24.6 Å². The predicted octanol–water partition coefficient (Wildman–Crippen LogP) is 2.40. The number of nitro groups is 1. The summed E-state index contributed by atoms with van der Waals surface area (Å²) in [5.74, 6) is -0.787. The molecule has 2 aromatic rings. The average Bonchev–Trinajstić information content (AvgIpc) is 2.91. The van der Waals surface area contributed by atoms with Crippen LogP contribution in [-0.4, -0.2) is 73.5 Å². The molecule has 1 N–H and O–H groups in total. The van der Waals surface area contributed by atoms with Crippen LogP contribution in [0.5, 0.6) is 5.75 Å². The zero-order valence-electron chi connectivity index (χ0n) is 20.2. The number of ether oxygens (including phenoxy) is 2. The van der Waals surface area contributed by atoms with Crippen molar-refractivity contribution in [3.05, 3.63) is 64.2 Å². The second kappa shape index (κ2) is 13.1. The summed E-state index contributed by atoms with van der Waals surface area (Å²) in [5, 5.41) is 13.3. The first-order valence-corrected chi connectivity index (χ1v) is 11.8. The number of nitrogens with zero attached hydrogens (tertiary/aromatic N) is 3. The van der Waals surface area contributed by atoms with Crippen molar-refractivity contribution in [3.63, 3.8) is 0 Å². The van der Waals surface area contributed by atoms with Crippen molar-refractivity contribution >= 4 is 29.2 Å². The Morgan fingerprint density at radius 1 is 1.00 bits per heavy atom. The Kier molecular flexibility index (Phi) is 9.61. The summed E-state index contributed by atoms with van der Waals surface area (Å²) in [5.41, 5.74) is 1.25. The van der Waals surface area contributed by atoms with Crippen molar-refractivity contribution in [2.24, 2.45) is 0 Å². The van der Waals surface area contributed by atoms with Gasteiger partial charge in [0, 0.05) is 49.6 Å². The van der Waals surface area contributed by atoms with Gasteiger partial charge in [-0.2, -0.15) is 0 Å². The van der Waals surface area contributed by atoms with Gasteiger partial charge in [-0.1, -0.05) is 13.3 Å². The molecule has 192 valence electrons. The van der Waals surface area contributed by atoms with E-state index in [1.807, 2.05) is 4.90 Å². The third kappa shape index (κ3) is 7.69. The van der Waals surface area contributed by atoms with E-state index in [2.05, 4.69) is 12.2 Å². The summed E-state index contributed by atoms with van der Waals surface area (Å²) in [6.45, 7) is 3.90. The molecule has 0 unspecified atom stereocenters. The highest BCUT2D eigenvalue weighted by molar-refractivity contribution is 5.96. The second-order valence-corrected chi connectivity index (χ2v) is 8.21. The highest BCUT2D eigenvalue weighted by atomic mass is 16.6. The molecule has 1 fully saturated rings. The van der Waals surface area contributed by atoms with Crippen LogP contribution < -0.4 is 15.0 Å². The van der Waals surface area contributed by atoms with Crippen LogP contribution in [0.3, 0.4) is 0 Å². The molecule has 0 spiro atoms. The summed E-state index contributed by atoms with van der Waals surface area (Å²) in [7, 11) is 0. The Hall–Kier alpha value is -4.15. The van der Waals surface area contributed by atoms with Crippen molar-refractivity contribution in [1.29, 1.82) is 0 Å². The summed E-state index contributed by atoms with van der Waals surface area (Å²) in [6, 6.07) is 12.9. The average molecular weight is 499 g/mol. The lowest BCUT2D eigenvalue weighted by Gasteiger charge is -2.36. The van der Waals surface area contributed by atoms with Gasteiger partial charge in [-0.3, -0.25) is 24.5 Å². The molecule has 1 heterocycles. The molecule has 11 nitrogen and oxygen atoms in total. The zero-order chi connectivity index (χ0) is 25.9. The highest BCUT2D eigenvalue weighted by Gasteiger charge is 2.22. The van der Waals surface area contributed by atoms with E-state index in [0.717, 1.165) is 18.5 Å². The number of piperazine rings is 1. The number of hydrogen-bond donors (Lipinski definition) is 1. The van der Waals surface area contributed by atoms with Crippen LogP contribution in [0, 0.1) is 10.1 Å². The van der Waals surface area contributed by atoms with Crippen LogP contribution in [0.25, 0.3) is 0 Å². The number of esters is 1. The molecule has 1 aliphatic rings. The van der Waals surface area contributed by atoms with Crippen LogP contribution in [0.4, 0.5) is 11.4 Å². The van der Waals surface area contributed by atoms with Gasteiger partial charge in [-0.15, -0.1) is 0 Å². The third-order valence-electron chi connectivity index (χ3n) is 5.69. The molecule has 0 saturated carbocycles. The Morgan fingerprint density at radius 2 is 1.67 bits per heavy atom. The predicted molar refractivity (Wildman–Crippen MR) is 132 cm³/mol. The first-order chi connectivity index (χ1) is 17.4. The minimum absolute atomic E-state index is 0.0240. The van der Waals surface area contributed by atoms with Crippen LogP contribution in [-0.2, 0) is 14.3 Å². The van der Waals surface area contributed by atoms with E-state index in [0.29, 0.717) is 44.1 Å². The van der Waals surface area contributed by atoms with Gasteiger partial charge in [0.2, 0.25) is 0 Å². The van der Waals surface area contributed by atoms with Crippen molar-refractivity contribution < 1.29 is 28.8 Å². The number of carbonyl (C=O) groups excluding carboxylic acids is 3. The molecule has 0 radical (unpaired) electrons. The number of non-ortho nitro benzene ring substituents is 1. The molecule has 0 aromatic heterocycles. The van der Waals surface area contributed by atoms with E-state index in [1.165, 1.54) is 12.1 Å². The van der Waals surface area contributed by atoms with Crippen LogP contribution in [0.1, 0.15) is 30.1 Å². The fraction of sp³-hybridized carbons (Fsp3) is 0.400. The third-order valence-corrected chi connectivity index (χ3v) is 5.69. The van der Waals surface area contributed by atoms with Crippen molar-refractivity contribution in [2.75, 3.05) is 50.8 Å². The topological polar surface area (TPSA) is 131 Å². The standard InChI is InChI=1S/C25H30N4O7/c1-2-3-16-35-22-10-4-19(5-11-22)25(32)26-17-24(31)36-18-23(30)28-14-12-27(13-15-28)20-6-8-21(9-7-20)29(33)34/h4-11H,2-3,12-18H2,1H3,(H,26,32). The number of anilines is 1. The summed E-state index contributed by atoms with van der Waals surface area (Å²) in [6.07, 6.45) is 1.98. The molecule has 3 rings (SSSR count). The summed E-state index contributed by atoms with van der Waals surface area (Å²) >= 11 is 0. The Bertz CT molecular complexity index is 1050. The number of rotatable bonds is 11. The van der Waals surface area contributed by atoms with Gasteiger partial charge in [0.1, 0.15) is 12.3 Å². The van der Waals surface area contributed by atoms with E-state index >= 15 is 0 Å². The lowest BCUT2D eigenvalue weighted by molar-refractivity contribution is -0.384. The van der Waals surface area contributed by atoms with Gasteiger partial charge in [0.15, 0.2) is 6.61 Å². The van der Waals surface area contributed by atoms with Gasteiger partial charge in [-0.05, 0) is 42.8 Å². The fourth-order valence-electron chi connectivity index (χ4n) is 3.58. The lowest BCUT2D eigenvalue weighted by atomic mass is 10.2. The monoisotopic (exact) mass is 498 g/mol. The van der Waals surface area contributed by atoms with Crippen molar-refractivity contribution in [3.8, 4) is 5.75 Å².